The highest BCUT2D eigenvalue weighted by atomic mass is 16.2. The van der Waals surface area contributed by atoms with E-state index in [4.69, 9.17) is 0 Å². The Morgan fingerprint density at radius 2 is 1.62 bits per heavy atom. The van der Waals surface area contributed by atoms with Crippen LogP contribution in [0.3, 0.4) is 0 Å². The Labute approximate surface area is 144 Å². The van der Waals surface area contributed by atoms with Crippen LogP contribution in [0.4, 0.5) is 0 Å². The second-order valence-corrected chi connectivity index (χ2v) is 5.85. The molecule has 132 valence electrons. The fourth-order valence-electron chi connectivity index (χ4n) is 2.27. The quantitative estimate of drug-likeness (QED) is 0.350. The Bertz CT molecular complexity index is 501. The summed E-state index contributed by atoms with van der Waals surface area (Å²) in [5.74, 6) is -0.402. The zero-order valence-corrected chi connectivity index (χ0v) is 14.6. The molecule has 0 fully saturated rings. The second kappa shape index (κ2) is 13.3. The Kier molecular flexibility index (Phi) is 11.0. The topological polar surface area (TPSA) is 70.6 Å². The van der Waals surface area contributed by atoms with Gasteiger partial charge in [-0.05, 0) is 12.0 Å². The lowest BCUT2D eigenvalue weighted by molar-refractivity contribution is -0.126. The van der Waals surface area contributed by atoms with E-state index in [0.717, 1.165) is 18.4 Å². The van der Waals surface area contributed by atoms with Gasteiger partial charge in [-0.1, -0.05) is 75.8 Å². The van der Waals surface area contributed by atoms with Crippen molar-refractivity contribution in [3.8, 4) is 0 Å². The third-order valence-electron chi connectivity index (χ3n) is 3.66. The number of nitrogens with one attached hydrogen (secondary N) is 2. The average molecular weight is 331 g/mol. The smallest absolute Gasteiger partial charge is 0.259 e. The van der Waals surface area contributed by atoms with Crippen molar-refractivity contribution in [1.29, 1.82) is 0 Å². The molecular formula is C19H29N3O2. The van der Waals surface area contributed by atoms with Crippen molar-refractivity contribution in [2.24, 2.45) is 5.10 Å². The summed E-state index contributed by atoms with van der Waals surface area (Å²) >= 11 is 0. The molecule has 0 atom stereocenters. The number of benzene rings is 1. The van der Waals surface area contributed by atoms with Crippen LogP contribution in [0.25, 0.3) is 0 Å². The van der Waals surface area contributed by atoms with Gasteiger partial charge in [0.1, 0.15) is 0 Å². The molecule has 0 radical (unpaired) electrons. The summed E-state index contributed by atoms with van der Waals surface area (Å²) in [7, 11) is 0. The first-order valence-corrected chi connectivity index (χ1v) is 8.86. The summed E-state index contributed by atoms with van der Waals surface area (Å²) in [6, 6.07) is 9.48. The third kappa shape index (κ3) is 10.5. The van der Waals surface area contributed by atoms with Crippen LogP contribution in [0.1, 0.15) is 63.9 Å². The normalized spacial score (nSPS) is 10.7. The molecule has 1 aromatic carbocycles. The summed E-state index contributed by atoms with van der Waals surface area (Å²) in [5, 5.41) is 6.47. The molecule has 0 unspecified atom stereocenters. The second-order valence-electron chi connectivity index (χ2n) is 5.85. The first kappa shape index (κ1) is 19.9. The van der Waals surface area contributed by atoms with Crippen molar-refractivity contribution >= 4 is 18.0 Å². The van der Waals surface area contributed by atoms with E-state index in [9.17, 15) is 9.59 Å². The van der Waals surface area contributed by atoms with Gasteiger partial charge in [-0.3, -0.25) is 9.59 Å². The maximum absolute atomic E-state index is 11.6. The van der Waals surface area contributed by atoms with E-state index in [1.807, 2.05) is 30.3 Å². The molecule has 24 heavy (non-hydrogen) atoms. The van der Waals surface area contributed by atoms with Gasteiger partial charge < -0.3 is 5.32 Å². The SMILES string of the molecule is CCCCCCCCCC(=O)NCC(=O)NN=Cc1ccccc1. The predicted molar refractivity (Wildman–Crippen MR) is 97.8 cm³/mol. The lowest BCUT2D eigenvalue weighted by atomic mass is 10.1. The molecule has 0 spiro atoms. The number of hydrogen-bond acceptors (Lipinski definition) is 3. The Balaban J connectivity index is 2.03. The summed E-state index contributed by atoms with van der Waals surface area (Å²) in [6.45, 7) is 2.16. The van der Waals surface area contributed by atoms with Gasteiger partial charge in [0.2, 0.25) is 5.91 Å². The van der Waals surface area contributed by atoms with E-state index >= 15 is 0 Å². The van der Waals surface area contributed by atoms with Crippen LogP contribution in [0.2, 0.25) is 0 Å². The third-order valence-corrected chi connectivity index (χ3v) is 3.66. The van der Waals surface area contributed by atoms with Gasteiger partial charge in [-0.25, -0.2) is 5.43 Å². The summed E-state index contributed by atoms with van der Waals surface area (Å²) in [4.78, 5) is 23.2. The molecule has 2 N–H and O–H groups in total. The van der Waals surface area contributed by atoms with Crippen LogP contribution in [-0.4, -0.2) is 24.6 Å². The van der Waals surface area contributed by atoms with Crippen molar-refractivity contribution in [2.75, 3.05) is 6.54 Å². The van der Waals surface area contributed by atoms with E-state index in [0.29, 0.717) is 6.42 Å². The molecule has 0 bridgehead atoms. The lowest BCUT2D eigenvalue weighted by Crippen LogP contribution is -2.34. The van der Waals surface area contributed by atoms with Crippen LogP contribution in [0, 0.1) is 0 Å². The Hall–Kier alpha value is -2.17. The van der Waals surface area contributed by atoms with Gasteiger partial charge in [0.25, 0.3) is 5.91 Å². The van der Waals surface area contributed by atoms with Gasteiger partial charge in [0.05, 0.1) is 12.8 Å². The number of carbonyl (C=O) groups excluding carboxylic acids is 2. The van der Waals surface area contributed by atoms with E-state index in [2.05, 4.69) is 22.8 Å². The highest BCUT2D eigenvalue weighted by molar-refractivity contribution is 5.86. The molecular weight excluding hydrogens is 302 g/mol. The molecule has 0 aliphatic rings. The van der Waals surface area contributed by atoms with Gasteiger partial charge in [-0.15, -0.1) is 0 Å². The lowest BCUT2D eigenvalue weighted by Gasteiger charge is -2.04. The number of amides is 2. The van der Waals surface area contributed by atoms with Crippen molar-refractivity contribution in [2.45, 2.75) is 58.3 Å². The predicted octanol–water partition coefficient (Wildman–Crippen LogP) is 3.39. The highest BCUT2D eigenvalue weighted by Gasteiger charge is 2.04. The maximum Gasteiger partial charge on any atom is 0.259 e. The number of nitrogens with zero attached hydrogens (tertiary/aromatic N) is 1. The molecule has 0 aliphatic carbocycles. The van der Waals surface area contributed by atoms with E-state index in [1.54, 1.807) is 6.21 Å². The number of rotatable bonds is 12. The summed E-state index contributed by atoms with van der Waals surface area (Å²) in [6.07, 6.45) is 10.3. The van der Waals surface area contributed by atoms with Crippen molar-refractivity contribution in [3.05, 3.63) is 35.9 Å². The summed E-state index contributed by atoms with van der Waals surface area (Å²) < 4.78 is 0. The first-order valence-electron chi connectivity index (χ1n) is 8.86. The standard InChI is InChI=1S/C19H29N3O2/c1-2-3-4-5-6-7-11-14-18(23)20-16-19(24)22-21-15-17-12-9-8-10-13-17/h8-10,12-13,15H,2-7,11,14,16H2,1H3,(H,20,23)(H,22,24). The fourth-order valence-corrected chi connectivity index (χ4v) is 2.27. The molecule has 5 heteroatoms. The zero-order valence-electron chi connectivity index (χ0n) is 14.6. The Morgan fingerprint density at radius 1 is 0.958 bits per heavy atom. The van der Waals surface area contributed by atoms with Crippen molar-refractivity contribution < 1.29 is 9.59 Å². The highest BCUT2D eigenvalue weighted by Crippen LogP contribution is 2.08. The fraction of sp³-hybridized carbons (Fsp3) is 0.526. The minimum absolute atomic E-state index is 0.0402. The molecule has 0 saturated heterocycles. The van der Waals surface area contributed by atoms with E-state index in [-0.39, 0.29) is 18.4 Å². The number of carbonyl (C=O) groups is 2. The van der Waals surface area contributed by atoms with Gasteiger partial charge in [0.15, 0.2) is 0 Å². The first-order chi connectivity index (χ1) is 11.7. The minimum Gasteiger partial charge on any atom is -0.347 e. The van der Waals surface area contributed by atoms with Crippen LogP contribution in [0.5, 0.6) is 0 Å². The minimum atomic E-state index is -0.324. The average Bonchev–Trinajstić information content (AvgIpc) is 2.60. The molecule has 5 nitrogen and oxygen atoms in total. The van der Waals surface area contributed by atoms with Crippen LogP contribution in [-0.2, 0) is 9.59 Å². The number of unbranched alkanes of at least 4 members (excludes halogenated alkanes) is 6. The number of hydrogen-bond donors (Lipinski definition) is 2. The summed E-state index contributed by atoms with van der Waals surface area (Å²) in [5.41, 5.74) is 3.30. The number of hydrazone groups is 1. The molecule has 0 saturated carbocycles. The van der Waals surface area contributed by atoms with Crippen LogP contribution >= 0.6 is 0 Å². The maximum atomic E-state index is 11.6. The van der Waals surface area contributed by atoms with Crippen molar-refractivity contribution in [1.82, 2.24) is 10.7 Å². The van der Waals surface area contributed by atoms with Crippen molar-refractivity contribution in [3.63, 3.8) is 0 Å². The molecule has 1 aromatic rings. The van der Waals surface area contributed by atoms with Gasteiger partial charge in [-0.2, -0.15) is 5.10 Å². The Morgan fingerprint density at radius 3 is 2.33 bits per heavy atom. The zero-order chi connectivity index (χ0) is 17.5. The van der Waals surface area contributed by atoms with Gasteiger partial charge in [0, 0.05) is 6.42 Å². The molecule has 0 heterocycles. The molecule has 0 aliphatic heterocycles. The molecule has 0 aromatic heterocycles. The largest absolute Gasteiger partial charge is 0.347 e. The van der Waals surface area contributed by atoms with Crippen LogP contribution in [0.15, 0.2) is 35.4 Å². The molecule has 1 rings (SSSR count). The van der Waals surface area contributed by atoms with Crippen LogP contribution < -0.4 is 10.7 Å². The van der Waals surface area contributed by atoms with E-state index in [1.165, 1.54) is 32.1 Å². The van der Waals surface area contributed by atoms with Gasteiger partial charge >= 0.3 is 0 Å². The van der Waals surface area contributed by atoms with E-state index < -0.39 is 0 Å². The molecule has 2 amide bonds. The monoisotopic (exact) mass is 331 g/mol.